The summed E-state index contributed by atoms with van der Waals surface area (Å²) in [6.45, 7) is 0. The van der Waals surface area contributed by atoms with Crippen molar-refractivity contribution in [2.24, 2.45) is 0 Å². The fraction of sp³-hybridized carbons (Fsp3) is 0.133. The van der Waals surface area contributed by atoms with Crippen molar-refractivity contribution in [3.05, 3.63) is 62.0 Å². The van der Waals surface area contributed by atoms with Gasteiger partial charge in [-0.25, -0.2) is 4.79 Å². The summed E-state index contributed by atoms with van der Waals surface area (Å²) < 4.78 is 6.66. The number of carbonyl (C=O) groups is 1. The molecule has 0 saturated carbocycles. The van der Waals surface area contributed by atoms with Gasteiger partial charge in [-0.15, -0.1) is 0 Å². The van der Waals surface area contributed by atoms with E-state index in [1.807, 2.05) is 30.3 Å². The Hall–Kier alpha value is -1.04. The molecule has 0 aromatic heterocycles. The summed E-state index contributed by atoms with van der Waals surface area (Å²) in [5, 5.41) is 3.79. The Kier molecular flexibility index (Phi) is 5.67. The molecule has 0 heterocycles. The Labute approximate surface area is 144 Å². The van der Waals surface area contributed by atoms with E-state index in [9.17, 15) is 4.79 Å². The number of ether oxygens (including phenoxy) is 1. The molecule has 6 heteroatoms. The van der Waals surface area contributed by atoms with Gasteiger partial charge in [-0.05, 0) is 73.8 Å². The Balaban J connectivity index is 2.31. The number of anilines is 1. The van der Waals surface area contributed by atoms with E-state index >= 15 is 0 Å². The van der Waals surface area contributed by atoms with Gasteiger partial charge in [-0.3, -0.25) is 0 Å². The third kappa shape index (κ3) is 4.22. The lowest BCUT2D eigenvalue weighted by Crippen LogP contribution is -2.22. The van der Waals surface area contributed by atoms with Crippen LogP contribution in [0.4, 0.5) is 5.69 Å². The van der Waals surface area contributed by atoms with Crippen molar-refractivity contribution in [2.45, 2.75) is 6.04 Å². The molecule has 2 rings (SSSR count). The van der Waals surface area contributed by atoms with Crippen molar-refractivity contribution < 1.29 is 9.53 Å². The second kappa shape index (κ2) is 7.29. The molecule has 1 unspecified atom stereocenters. The van der Waals surface area contributed by atoms with Crippen LogP contribution in [0.25, 0.3) is 0 Å². The fourth-order valence-corrected chi connectivity index (χ4v) is 2.57. The molecule has 2 aromatic rings. The fourth-order valence-electron chi connectivity index (χ4n) is 1.80. The third-order valence-electron chi connectivity index (χ3n) is 2.87. The molecule has 1 atom stereocenters. The lowest BCUT2D eigenvalue weighted by atomic mass is 10.1. The molecule has 0 aliphatic heterocycles. The molecular weight excluding hydrogens is 421 g/mol. The summed E-state index contributed by atoms with van der Waals surface area (Å²) >= 11 is 12.7. The Bertz CT molecular complexity index is 647. The molecule has 0 saturated heterocycles. The van der Waals surface area contributed by atoms with Gasteiger partial charge >= 0.3 is 5.97 Å². The van der Waals surface area contributed by atoms with Crippen molar-refractivity contribution in [1.29, 1.82) is 0 Å². The number of halogens is 3. The first-order valence-electron chi connectivity index (χ1n) is 6.06. The molecule has 2 aromatic carbocycles. The summed E-state index contributed by atoms with van der Waals surface area (Å²) in [5.74, 6) is -0.362. The quantitative estimate of drug-likeness (QED) is 0.675. The second-order valence-electron chi connectivity index (χ2n) is 4.28. The van der Waals surface area contributed by atoms with E-state index in [-0.39, 0.29) is 5.97 Å². The van der Waals surface area contributed by atoms with E-state index < -0.39 is 6.04 Å². The van der Waals surface area contributed by atoms with Crippen molar-refractivity contribution >= 4 is 55.1 Å². The van der Waals surface area contributed by atoms with Crippen LogP contribution in [0, 0.1) is 0 Å². The van der Waals surface area contributed by atoms with Crippen LogP contribution >= 0.6 is 43.5 Å². The van der Waals surface area contributed by atoms with Crippen LogP contribution < -0.4 is 5.32 Å². The molecule has 3 nitrogen and oxygen atoms in total. The van der Waals surface area contributed by atoms with Crippen LogP contribution in [0.5, 0.6) is 0 Å². The Morgan fingerprint density at radius 3 is 2.38 bits per heavy atom. The summed E-state index contributed by atoms with van der Waals surface area (Å²) in [4.78, 5) is 12.0. The van der Waals surface area contributed by atoms with Crippen molar-refractivity contribution in [1.82, 2.24) is 0 Å². The maximum atomic E-state index is 12.0. The zero-order valence-electron chi connectivity index (χ0n) is 11.1. The van der Waals surface area contributed by atoms with Crippen LogP contribution in [0.3, 0.4) is 0 Å². The minimum Gasteiger partial charge on any atom is -0.467 e. The number of benzene rings is 2. The maximum absolute atomic E-state index is 12.0. The highest BCUT2D eigenvalue weighted by atomic mass is 79.9. The number of methoxy groups -OCH3 is 1. The van der Waals surface area contributed by atoms with Crippen LogP contribution in [-0.2, 0) is 9.53 Å². The first kappa shape index (κ1) is 16.3. The molecule has 0 fully saturated rings. The maximum Gasteiger partial charge on any atom is 0.332 e. The van der Waals surface area contributed by atoms with E-state index in [1.165, 1.54) is 7.11 Å². The molecule has 0 amide bonds. The zero-order valence-corrected chi connectivity index (χ0v) is 15.0. The van der Waals surface area contributed by atoms with Crippen LogP contribution in [0.15, 0.2) is 51.4 Å². The molecule has 0 aliphatic carbocycles. The van der Waals surface area contributed by atoms with Gasteiger partial charge in [0.25, 0.3) is 0 Å². The topological polar surface area (TPSA) is 38.3 Å². The Morgan fingerprint density at radius 1 is 1.14 bits per heavy atom. The largest absolute Gasteiger partial charge is 0.467 e. The standard InChI is InChI=1S/C15H12Br2ClNO2/c1-21-15(20)14(9-2-7-12(16)13(17)8-9)19-11-5-3-10(18)4-6-11/h2-8,14,19H,1H3. The highest BCUT2D eigenvalue weighted by molar-refractivity contribution is 9.13. The van der Waals surface area contributed by atoms with Gasteiger partial charge in [0.1, 0.15) is 0 Å². The van der Waals surface area contributed by atoms with Gasteiger partial charge in [0, 0.05) is 19.7 Å². The van der Waals surface area contributed by atoms with Crippen LogP contribution in [-0.4, -0.2) is 13.1 Å². The summed E-state index contributed by atoms with van der Waals surface area (Å²) in [7, 11) is 1.37. The highest BCUT2D eigenvalue weighted by Crippen LogP contribution is 2.29. The van der Waals surface area contributed by atoms with Gasteiger partial charge in [0.05, 0.1) is 7.11 Å². The molecule has 0 aliphatic rings. The number of rotatable bonds is 4. The minimum atomic E-state index is -0.597. The molecule has 1 N–H and O–H groups in total. The average molecular weight is 434 g/mol. The van der Waals surface area contributed by atoms with Gasteiger partial charge < -0.3 is 10.1 Å². The smallest absolute Gasteiger partial charge is 0.332 e. The second-order valence-corrected chi connectivity index (χ2v) is 6.43. The predicted molar refractivity (Wildman–Crippen MR) is 91.7 cm³/mol. The Morgan fingerprint density at radius 2 is 1.81 bits per heavy atom. The van der Waals surface area contributed by atoms with Crippen molar-refractivity contribution in [3.8, 4) is 0 Å². The van der Waals surface area contributed by atoms with Gasteiger partial charge in [0.2, 0.25) is 0 Å². The van der Waals surface area contributed by atoms with Gasteiger partial charge in [-0.1, -0.05) is 17.7 Å². The third-order valence-corrected chi connectivity index (χ3v) is 5.00. The van der Waals surface area contributed by atoms with Gasteiger partial charge in [0.15, 0.2) is 6.04 Å². The summed E-state index contributed by atoms with van der Waals surface area (Å²) in [5.41, 5.74) is 1.58. The van der Waals surface area contributed by atoms with E-state index in [0.717, 1.165) is 20.2 Å². The van der Waals surface area contributed by atoms with Gasteiger partial charge in [-0.2, -0.15) is 0 Å². The number of carbonyl (C=O) groups excluding carboxylic acids is 1. The normalized spacial score (nSPS) is 11.8. The lowest BCUT2D eigenvalue weighted by molar-refractivity contribution is -0.141. The van der Waals surface area contributed by atoms with Crippen molar-refractivity contribution in [2.75, 3.05) is 12.4 Å². The monoisotopic (exact) mass is 431 g/mol. The minimum absolute atomic E-state index is 0.362. The highest BCUT2D eigenvalue weighted by Gasteiger charge is 2.22. The number of hydrogen-bond acceptors (Lipinski definition) is 3. The number of esters is 1. The number of nitrogens with one attached hydrogen (secondary N) is 1. The van der Waals surface area contributed by atoms with E-state index in [1.54, 1.807) is 12.1 Å². The molecule has 0 bridgehead atoms. The molecule has 110 valence electrons. The molecule has 0 radical (unpaired) electrons. The summed E-state index contributed by atoms with van der Waals surface area (Å²) in [6, 6.07) is 12.1. The van der Waals surface area contributed by atoms with E-state index in [4.69, 9.17) is 16.3 Å². The summed E-state index contributed by atoms with van der Waals surface area (Å²) in [6.07, 6.45) is 0. The molecule has 21 heavy (non-hydrogen) atoms. The first-order valence-corrected chi connectivity index (χ1v) is 8.02. The number of hydrogen-bond donors (Lipinski definition) is 1. The SMILES string of the molecule is COC(=O)C(Nc1ccc(Cl)cc1)c1ccc(Br)c(Br)c1. The van der Waals surface area contributed by atoms with Crippen molar-refractivity contribution in [3.63, 3.8) is 0 Å². The molecular formula is C15H12Br2ClNO2. The lowest BCUT2D eigenvalue weighted by Gasteiger charge is -2.18. The average Bonchev–Trinajstić information content (AvgIpc) is 2.49. The zero-order chi connectivity index (χ0) is 15.4. The van der Waals surface area contributed by atoms with Crippen LogP contribution in [0.1, 0.15) is 11.6 Å². The molecule has 0 spiro atoms. The predicted octanol–water partition coefficient (Wildman–Crippen LogP) is 5.19. The van der Waals surface area contributed by atoms with Crippen LogP contribution in [0.2, 0.25) is 5.02 Å². The first-order chi connectivity index (χ1) is 10.0. The van der Waals surface area contributed by atoms with E-state index in [2.05, 4.69) is 37.2 Å². The van der Waals surface area contributed by atoms with E-state index in [0.29, 0.717) is 5.02 Å².